The third-order valence-electron chi connectivity index (χ3n) is 6.16. The van der Waals surface area contributed by atoms with Gasteiger partial charge in [-0.15, -0.1) is 0 Å². The van der Waals surface area contributed by atoms with Crippen LogP contribution in [0.25, 0.3) is 11.1 Å². The van der Waals surface area contributed by atoms with Gasteiger partial charge in [0.15, 0.2) is 5.58 Å². The average Bonchev–Trinajstić information content (AvgIpc) is 3.12. The number of nitrogens with zero attached hydrogens (tertiary/aromatic N) is 3. The number of pyridine rings is 1. The normalized spacial score (nSPS) is 22.0. The predicted molar refractivity (Wildman–Crippen MR) is 118 cm³/mol. The summed E-state index contributed by atoms with van der Waals surface area (Å²) in [6.45, 7) is 1.07. The van der Waals surface area contributed by atoms with E-state index < -0.39 is 0 Å². The third kappa shape index (κ3) is 3.38. The van der Waals surface area contributed by atoms with Gasteiger partial charge >= 0.3 is 0 Å². The lowest BCUT2D eigenvalue weighted by molar-refractivity contribution is 0.365. The van der Waals surface area contributed by atoms with Crippen LogP contribution in [0, 0.1) is 16.7 Å². The molecule has 2 aromatic heterocycles. The Balaban J connectivity index is 1.35. The summed E-state index contributed by atoms with van der Waals surface area (Å²) in [6, 6.07) is 9.42. The fourth-order valence-electron chi connectivity index (χ4n) is 4.62. The standard InChI is InChI=1S/C22H23ClN6O/c23-16-7-8-17-15(10-16)11-26-12-19(24)29(17)22(25)14-5-3-13(4-6-14)20-21-18(30-28-20)2-1-9-27-21/h1-2,7-10,13-14,24-26H,3-6,11-12H2. The summed E-state index contributed by atoms with van der Waals surface area (Å²) in [4.78, 5) is 6.24. The Kier molecular flexibility index (Phi) is 5.00. The number of aromatic nitrogens is 2. The monoisotopic (exact) mass is 422 g/mol. The molecule has 3 aromatic rings. The highest BCUT2D eigenvalue weighted by molar-refractivity contribution is 6.31. The molecule has 0 atom stereocenters. The lowest BCUT2D eigenvalue weighted by atomic mass is 9.79. The van der Waals surface area contributed by atoms with Gasteiger partial charge in [-0.25, -0.2) is 0 Å². The first-order valence-corrected chi connectivity index (χ1v) is 10.6. The van der Waals surface area contributed by atoms with Crippen molar-refractivity contribution < 1.29 is 4.52 Å². The molecule has 2 aliphatic rings. The second-order valence-corrected chi connectivity index (χ2v) is 8.45. The van der Waals surface area contributed by atoms with Crippen LogP contribution in [-0.2, 0) is 6.54 Å². The fourth-order valence-corrected chi connectivity index (χ4v) is 4.81. The molecule has 1 aromatic carbocycles. The van der Waals surface area contributed by atoms with E-state index in [2.05, 4.69) is 15.5 Å². The number of rotatable bonds is 2. The first-order valence-electron chi connectivity index (χ1n) is 10.3. The van der Waals surface area contributed by atoms with E-state index in [1.54, 1.807) is 11.1 Å². The van der Waals surface area contributed by atoms with Crippen LogP contribution >= 0.6 is 11.6 Å². The fraction of sp³-hybridized carbons (Fsp3) is 0.364. The number of hydrogen-bond donors (Lipinski definition) is 3. The van der Waals surface area contributed by atoms with Crippen molar-refractivity contribution in [2.45, 2.75) is 38.1 Å². The molecule has 0 bridgehead atoms. The zero-order valence-corrected chi connectivity index (χ0v) is 17.2. The van der Waals surface area contributed by atoms with Crippen LogP contribution in [0.4, 0.5) is 5.69 Å². The second-order valence-electron chi connectivity index (χ2n) is 8.01. The summed E-state index contributed by atoms with van der Waals surface area (Å²) in [6.07, 6.45) is 5.39. The van der Waals surface area contributed by atoms with Gasteiger partial charge in [-0.05, 0) is 61.6 Å². The first-order chi connectivity index (χ1) is 14.6. The Morgan fingerprint density at radius 3 is 2.83 bits per heavy atom. The summed E-state index contributed by atoms with van der Waals surface area (Å²) in [5.41, 5.74) is 4.41. The number of nitrogens with one attached hydrogen (secondary N) is 3. The molecule has 0 unspecified atom stereocenters. The molecule has 0 amide bonds. The number of halogens is 1. The summed E-state index contributed by atoms with van der Waals surface area (Å²) in [5.74, 6) is 1.29. The van der Waals surface area contributed by atoms with Crippen LogP contribution in [0.15, 0.2) is 41.1 Å². The van der Waals surface area contributed by atoms with Gasteiger partial charge in [0, 0.05) is 29.6 Å². The topological polar surface area (TPSA) is 102 Å². The van der Waals surface area contributed by atoms with Gasteiger partial charge in [0.05, 0.1) is 12.2 Å². The molecule has 30 heavy (non-hydrogen) atoms. The minimum atomic E-state index is 0.106. The van der Waals surface area contributed by atoms with E-state index in [0.29, 0.717) is 35.7 Å². The third-order valence-corrected chi connectivity index (χ3v) is 6.39. The number of hydrogen-bond acceptors (Lipinski definition) is 6. The minimum Gasteiger partial charge on any atom is -0.354 e. The SMILES string of the molecule is N=C1CNCc2cc(Cl)ccc2N1C(=N)C1CCC(c2noc3cccnc23)CC1. The predicted octanol–water partition coefficient (Wildman–Crippen LogP) is 4.71. The van der Waals surface area contributed by atoms with Gasteiger partial charge < -0.3 is 9.84 Å². The van der Waals surface area contributed by atoms with Crippen LogP contribution in [0.3, 0.4) is 0 Å². The maximum Gasteiger partial charge on any atom is 0.185 e. The molecular formula is C22H23ClN6O. The zero-order chi connectivity index (χ0) is 20.7. The summed E-state index contributed by atoms with van der Waals surface area (Å²) in [5, 5.41) is 25.7. The molecule has 154 valence electrons. The van der Waals surface area contributed by atoms with Crippen LogP contribution in [0.2, 0.25) is 5.02 Å². The lowest BCUT2D eigenvalue weighted by Crippen LogP contribution is -2.43. The quantitative estimate of drug-likeness (QED) is 0.410. The molecule has 3 N–H and O–H groups in total. The van der Waals surface area contributed by atoms with Gasteiger partial charge in [0.25, 0.3) is 0 Å². The molecule has 7 nitrogen and oxygen atoms in total. The summed E-state index contributed by atoms with van der Waals surface area (Å²) in [7, 11) is 0. The zero-order valence-electron chi connectivity index (χ0n) is 16.5. The Morgan fingerprint density at radius 2 is 2.00 bits per heavy atom. The average molecular weight is 423 g/mol. The molecular weight excluding hydrogens is 400 g/mol. The van der Waals surface area contributed by atoms with Crippen LogP contribution in [-0.4, -0.2) is 28.4 Å². The van der Waals surface area contributed by atoms with Crippen molar-refractivity contribution in [3.05, 3.63) is 52.8 Å². The van der Waals surface area contributed by atoms with E-state index in [1.807, 2.05) is 30.3 Å². The van der Waals surface area contributed by atoms with Crippen molar-refractivity contribution in [2.75, 3.05) is 11.4 Å². The highest BCUT2D eigenvalue weighted by atomic mass is 35.5. The van der Waals surface area contributed by atoms with Gasteiger partial charge in [-0.3, -0.25) is 20.7 Å². The lowest BCUT2D eigenvalue weighted by Gasteiger charge is -2.34. The molecule has 1 saturated carbocycles. The van der Waals surface area contributed by atoms with E-state index in [9.17, 15) is 0 Å². The van der Waals surface area contributed by atoms with E-state index in [-0.39, 0.29) is 5.92 Å². The first kappa shape index (κ1) is 19.2. The molecule has 0 spiro atoms. The summed E-state index contributed by atoms with van der Waals surface area (Å²) >= 11 is 6.18. The van der Waals surface area contributed by atoms with Crippen molar-refractivity contribution in [1.29, 1.82) is 10.8 Å². The van der Waals surface area contributed by atoms with Crippen molar-refractivity contribution in [2.24, 2.45) is 5.92 Å². The van der Waals surface area contributed by atoms with Gasteiger partial charge in [0.1, 0.15) is 22.9 Å². The highest BCUT2D eigenvalue weighted by Gasteiger charge is 2.33. The van der Waals surface area contributed by atoms with Crippen molar-refractivity contribution in [3.63, 3.8) is 0 Å². The Bertz CT molecular complexity index is 1120. The second kappa shape index (κ2) is 7.81. The smallest absolute Gasteiger partial charge is 0.185 e. The van der Waals surface area contributed by atoms with Gasteiger partial charge in [0.2, 0.25) is 0 Å². The van der Waals surface area contributed by atoms with Crippen molar-refractivity contribution >= 4 is 40.1 Å². The van der Waals surface area contributed by atoms with E-state index in [1.165, 1.54) is 0 Å². The molecule has 1 aliphatic carbocycles. The summed E-state index contributed by atoms with van der Waals surface area (Å²) < 4.78 is 5.44. The molecule has 8 heteroatoms. The Hall–Kier alpha value is -2.77. The largest absolute Gasteiger partial charge is 0.354 e. The number of benzene rings is 1. The molecule has 1 fully saturated rings. The van der Waals surface area contributed by atoms with E-state index >= 15 is 0 Å². The maximum absolute atomic E-state index is 8.94. The van der Waals surface area contributed by atoms with E-state index in [0.717, 1.165) is 53.7 Å². The molecule has 1 aliphatic heterocycles. The molecule has 0 radical (unpaired) electrons. The Morgan fingerprint density at radius 1 is 1.17 bits per heavy atom. The van der Waals surface area contributed by atoms with Crippen molar-refractivity contribution in [1.82, 2.24) is 15.5 Å². The number of fused-ring (bicyclic) bond motifs is 2. The Labute approximate surface area is 179 Å². The van der Waals surface area contributed by atoms with Crippen LogP contribution < -0.4 is 10.2 Å². The molecule has 3 heterocycles. The molecule has 5 rings (SSSR count). The molecule has 0 saturated heterocycles. The van der Waals surface area contributed by atoms with Gasteiger partial charge in [-0.1, -0.05) is 16.8 Å². The van der Waals surface area contributed by atoms with Gasteiger partial charge in [-0.2, -0.15) is 0 Å². The van der Waals surface area contributed by atoms with Crippen LogP contribution in [0.5, 0.6) is 0 Å². The maximum atomic E-state index is 8.94. The highest BCUT2D eigenvalue weighted by Crippen LogP contribution is 2.39. The van der Waals surface area contributed by atoms with Crippen molar-refractivity contribution in [3.8, 4) is 0 Å². The number of amidine groups is 2. The van der Waals surface area contributed by atoms with E-state index in [4.69, 9.17) is 26.9 Å². The minimum absolute atomic E-state index is 0.106. The van der Waals surface area contributed by atoms with Crippen LogP contribution in [0.1, 0.15) is 42.9 Å². The number of anilines is 1.